The Morgan fingerprint density at radius 2 is 2.09 bits per heavy atom. The van der Waals surface area contributed by atoms with E-state index >= 15 is 0 Å². The minimum atomic E-state index is -1.43. The summed E-state index contributed by atoms with van der Waals surface area (Å²) < 4.78 is 11.0. The highest BCUT2D eigenvalue weighted by Crippen LogP contribution is 2.32. The number of ether oxygens (including phenoxy) is 1. The molecule has 1 saturated heterocycles. The van der Waals surface area contributed by atoms with Crippen molar-refractivity contribution >= 4 is 17.0 Å². The summed E-state index contributed by atoms with van der Waals surface area (Å²) in [5, 5.41) is 37.8. The van der Waals surface area contributed by atoms with Gasteiger partial charge in [0.2, 0.25) is 0 Å². The smallest absolute Gasteiger partial charge is 0.349 e. The van der Waals surface area contributed by atoms with Crippen molar-refractivity contribution in [3.63, 3.8) is 0 Å². The van der Waals surface area contributed by atoms with Crippen LogP contribution in [0.25, 0.3) is 11.0 Å². The number of hydrogen-bond acceptors (Lipinski definition) is 8. The topological polar surface area (TPSA) is 155 Å². The number of carboxylic acid groups (broad SMARTS) is 1. The summed E-state index contributed by atoms with van der Waals surface area (Å²) in [6.07, 6.45) is -3.11. The first kappa shape index (κ1) is 14.7. The van der Waals surface area contributed by atoms with Crippen LogP contribution in [0, 0.1) is 0 Å². The van der Waals surface area contributed by atoms with Gasteiger partial charge >= 0.3 is 11.6 Å². The number of carbonyl (C=O) groups is 1. The lowest BCUT2D eigenvalue weighted by atomic mass is 10.1. The molecule has 0 amide bonds. The first-order valence-electron chi connectivity index (χ1n) is 6.29. The van der Waals surface area contributed by atoms with Crippen molar-refractivity contribution in [2.24, 2.45) is 0 Å². The molecule has 4 unspecified atom stereocenters. The molecule has 1 fully saturated rings. The Labute approximate surface area is 121 Å². The molecule has 2 aromatic heterocycles. The summed E-state index contributed by atoms with van der Waals surface area (Å²) in [7, 11) is 0. The van der Waals surface area contributed by atoms with Crippen LogP contribution in [0.5, 0.6) is 0 Å². The quantitative estimate of drug-likeness (QED) is 0.518. The summed E-state index contributed by atoms with van der Waals surface area (Å²) in [5.41, 5.74) is -1.33. The van der Waals surface area contributed by atoms with Crippen molar-refractivity contribution in [3.8, 4) is 0 Å². The second-order valence-electron chi connectivity index (χ2n) is 4.82. The molecular weight excluding hydrogens is 300 g/mol. The fraction of sp³-hybridized carbons (Fsp3) is 0.417. The number of aromatic nitrogens is 2. The zero-order chi connectivity index (χ0) is 16.0. The molecule has 0 radical (unpaired) electrons. The molecule has 0 aromatic carbocycles. The van der Waals surface area contributed by atoms with E-state index in [-0.39, 0.29) is 16.6 Å². The van der Waals surface area contributed by atoms with E-state index in [1.807, 2.05) is 0 Å². The average molecular weight is 312 g/mol. The van der Waals surface area contributed by atoms with Crippen molar-refractivity contribution in [2.45, 2.75) is 24.5 Å². The van der Waals surface area contributed by atoms with Gasteiger partial charge in [0.1, 0.15) is 23.7 Å². The number of hydrogen-bond donors (Lipinski definition) is 4. The Bertz CT molecular complexity index is 781. The normalized spacial score (nSPS) is 28.3. The predicted octanol–water partition coefficient (Wildman–Crippen LogP) is -1.70. The van der Waals surface area contributed by atoms with Crippen LogP contribution in [0.1, 0.15) is 16.6 Å². The van der Waals surface area contributed by atoms with Gasteiger partial charge in [0.05, 0.1) is 12.2 Å². The van der Waals surface area contributed by atoms with Crippen LogP contribution in [0.15, 0.2) is 21.8 Å². The number of aliphatic hydroxyl groups excluding tert-OH is 3. The van der Waals surface area contributed by atoms with E-state index in [4.69, 9.17) is 14.9 Å². The zero-order valence-corrected chi connectivity index (χ0v) is 11.0. The molecule has 1 aliphatic heterocycles. The van der Waals surface area contributed by atoms with Gasteiger partial charge in [0.15, 0.2) is 18.3 Å². The second-order valence-corrected chi connectivity index (χ2v) is 4.82. The van der Waals surface area contributed by atoms with E-state index < -0.39 is 42.7 Å². The molecule has 3 rings (SSSR count). The molecule has 118 valence electrons. The third-order valence-electron chi connectivity index (χ3n) is 3.57. The third kappa shape index (κ3) is 2.01. The maximum atomic E-state index is 11.7. The number of rotatable bonds is 3. The fourth-order valence-electron chi connectivity index (χ4n) is 2.50. The highest BCUT2D eigenvalue weighted by Gasteiger charge is 2.44. The minimum absolute atomic E-state index is 0.0662. The van der Waals surface area contributed by atoms with Crippen molar-refractivity contribution in [1.29, 1.82) is 0 Å². The first-order valence-corrected chi connectivity index (χ1v) is 6.29. The predicted molar refractivity (Wildman–Crippen MR) is 68.2 cm³/mol. The van der Waals surface area contributed by atoms with Crippen molar-refractivity contribution in [2.75, 3.05) is 6.61 Å². The van der Waals surface area contributed by atoms with Crippen molar-refractivity contribution in [3.05, 3.63) is 28.6 Å². The maximum Gasteiger partial charge on any atom is 0.349 e. The molecule has 0 spiro atoms. The molecule has 10 heteroatoms. The Hall–Kier alpha value is -2.27. The van der Waals surface area contributed by atoms with E-state index in [0.29, 0.717) is 0 Å². The highest BCUT2D eigenvalue weighted by atomic mass is 16.6. The van der Waals surface area contributed by atoms with Gasteiger partial charge in [-0.1, -0.05) is 0 Å². The van der Waals surface area contributed by atoms with Gasteiger partial charge in [-0.05, 0) is 0 Å². The van der Waals surface area contributed by atoms with E-state index in [9.17, 15) is 19.8 Å². The van der Waals surface area contributed by atoms with Gasteiger partial charge in [0, 0.05) is 6.20 Å². The van der Waals surface area contributed by atoms with Crippen LogP contribution in [0.3, 0.4) is 0 Å². The van der Waals surface area contributed by atoms with Gasteiger partial charge in [-0.3, -0.25) is 0 Å². The number of fused-ring (bicyclic) bond motifs is 1. The lowest BCUT2D eigenvalue weighted by Crippen LogP contribution is -2.33. The summed E-state index contributed by atoms with van der Waals surface area (Å²) in [5.74, 6) is -1.38. The van der Waals surface area contributed by atoms with Crippen LogP contribution in [-0.2, 0) is 4.74 Å². The molecule has 0 aliphatic carbocycles. The largest absolute Gasteiger partial charge is 0.478 e. The summed E-state index contributed by atoms with van der Waals surface area (Å²) in [6.45, 7) is -0.532. The fourth-order valence-corrected chi connectivity index (χ4v) is 2.50. The molecule has 0 saturated carbocycles. The molecule has 4 atom stereocenters. The standard InChI is InChI=1S/C12H12N2O8/c15-2-5-7(16)8(17)10(22-5)14-1-4(11(18)19)6-9(14)13-3-21-12(6)20/h1,3,5,7-8,10,15-17H,2H2,(H,18,19). The van der Waals surface area contributed by atoms with Crippen molar-refractivity contribution in [1.82, 2.24) is 9.55 Å². The minimum Gasteiger partial charge on any atom is -0.478 e. The number of aliphatic hydroxyl groups is 3. The first-order chi connectivity index (χ1) is 10.5. The van der Waals surface area contributed by atoms with Gasteiger partial charge in [-0.15, -0.1) is 0 Å². The third-order valence-corrected chi connectivity index (χ3v) is 3.57. The van der Waals surface area contributed by atoms with Crippen LogP contribution < -0.4 is 5.63 Å². The molecule has 22 heavy (non-hydrogen) atoms. The lowest BCUT2D eigenvalue weighted by Gasteiger charge is -2.16. The molecule has 10 nitrogen and oxygen atoms in total. The van der Waals surface area contributed by atoms with Crippen LogP contribution in [0.2, 0.25) is 0 Å². The Kier molecular flexibility index (Phi) is 3.45. The monoisotopic (exact) mass is 312 g/mol. The molecule has 1 aliphatic rings. The van der Waals surface area contributed by atoms with Crippen LogP contribution in [0.4, 0.5) is 0 Å². The van der Waals surface area contributed by atoms with Crippen LogP contribution >= 0.6 is 0 Å². The Morgan fingerprint density at radius 1 is 1.36 bits per heavy atom. The molecule has 2 aromatic rings. The maximum absolute atomic E-state index is 11.7. The molecule has 4 N–H and O–H groups in total. The highest BCUT2D eigenvalue weighted by molar-refractivity contribution is 6.01. The van der Waals surface area contributed by atoms with E-state index in [1.165, 1.54) is 0 Å². The average Bonchev–Trinajstić information content (AvgIpc) is 3.00. The van der Waals surface area contributed by atoms with Crippen molar-refractivity contribution < 1.29 is 34.4 Å². The SMILES string of the molecule is O=C(O)c1cn(C2OC(CO)C(O)C2O)c2ncoc(=O)c12. The van der Waals surface area contributed by atoms with Gasteiger partial charge in [-0.2, -0.15) is 0 Å². The second kappa shape index (κ2) is 5.18. The van der Waals surface area contributed by atoms with Gasteiger partial charge < -0.3 is 34.1 Å². The number of aromatic carboxylic acids is 1. The summed E-state index contributed by atoms with van der Waals surface area (Å²) >= 11 is 0. The van der Waals surface area contributed by atoms with E-state index in [1.54, 1.807) is 0 Å². The zero-order valence-electron chi connectivity index (χ0n) is 11.0. The van der Waals surface area contributed by atoms with Gasteiger partial charge in [0.25, 0.3) is 0 Å². The van der Waals surface area contributed by atoms with E-state index in [0.717, 1.165) is 17.2 Å². The molecular formula is C12H12N2O8. The summed E-state index contributed by atoms with van der Waals surface area (Å²) in [6, 6.07) is 0. The summed E-state index contributed by atoms with van der Waals surface area (Å²) in [4.78, 5) is 26.8. The Balaban J connectivity index is 2.18. The molecule has 3 heterocycles. The van der Waals surface area contributed by atoms with Crippen LogP contribution in [-0.4, -0.2) is 60.9 Å². The van der Waals surface area contributed by atoms with E-state index in [2.05, 4.69) is 9.40 Å². The van der Waals surface area contributed by atoms with Gasteiger partial charge in [-0.25, -0.2) is 14.6 Å². The lowest BCUT2D eigenvalue weighted by molar-refractivity contribution is -0.0509. The number of carboxylic acids is 1. The number of nitrogens with zero attached hydrogens (tertiary/aromatic N) is 2. The Morgan fingerprint density at radius 3 is 2.68 bits per heavy atom. The molecule has 0 bridgehead atoms.